The van der Waals surface area contributed by atoms with Gasteiger partial charge in [-0.2, -0.15) is 5.10 Å². The van der Waals surface area contributed by atoms with Gasteiger partial charge in [-0.05, 0) is 42.7 Å². The maximum absolute atomic E-state index is 12.1. The van der Waals surface area contributed by atoms with Crippen molar-refractivity contribution in [1.29, 1.82) is 0 Å². The second-order valence-corrected chi connectivity index (χ2v) is 5.69. The third-order valence-electron chi connectivity index (χ3n) is 4.10. The molecule has 24 heavy (non-hydrogen) atoms. The molecule has 2 aromatic carbocycles. The van der Waals surface area contributed by atoms with E-state index in [1.165, 1.54) is 25.6 Å². The highest BCUT2D eigenvalue weighted by Gasteiger charge is 2.12. The van der Waals surface area contributed by atoms with Gasteiger partial charge >= 0.3 is 0 Å². The molecule has 0 aliphatic carbocycles. The van der Waals surface area contributed by atoms with Crippen LogP contribution in [-0.4, -0.2) is 32.3 Å². The van der Waals surface area contributed by atoms with Crippen molar-refractivity contribution in [2.24, 2.45) is 5.10 Å². The van der Waals surface area contributed by atoms with Crippen molar-refractivity contribution in [2.45, 2.75) is 12.8 Å². The van der Waals surface area contributed by atoms with Crippen molar-refractivity contribution in [1.82, 2.24) is 5.43 Å². The van der Waals surface area contributed by atoms with E-state index < -0.39 is 0 Å². The van der Waals surface area contributed by atoms with Crippen LogP contribution in [0.25, 0.3) is 0 Å². The smallest absolute Gasteiger partial charge is 0.275 e. The van der Waals surface area contributed by atoms with Gasteiger partial charge in [0.15, 0.2) is 0 Å². The molecule has 0 bridgehead atoms. The first-order valence-electron chi connectivity index (χ1n) is 8.09. The molecule has 1 fully saturated rings. The van der Waals surface area contributed by atoms with Gasteiger partial charge in [0.2, 0.25) is 0 Å². The van der Waals surface area contributed by atoms with E-state index in [2.05, 4.69) is 27.6 Å². The lowest BCUT2D eigenvalue weighted by Gasteiger charge is -2.17. The highest BCUT2D eigenvalue weighted by atomic mass is 16.5. The average molecular weight is 323 g/mol. The molecule has 0 spiro atoms. The number of hydrazone groups is 1. The normalized spacial score (nSPS) is 14.1. The fourth-order valence-electron chi connectivity index (χ4n) is 2.80. The molecule has 0 saturated carbocycles. The molecule has 1 aliphatic rings. The Bertz CT molecular complexity index is 720. The largest absolute Gasteiger partial charge is 0.496 e. The second-order valence-electron chi connectivity index (χ2n) is 5.69. The number of amides is 1. The lowest BCUT2D eigenvalue weighted by molar-refractivity contribution is 0.0952. The number of anilines is 1. The number of para-hydroxylation sites is 1. The molecule has 0 aromatic heterocycles. The van der Waals surface area contributed by atoms with Crippen molar-refractivity contribution in [3.05, 3.63) is 59.7 Å². The first kappa shape index (κ1) is 16.1. The molecule has 1 N–H and O–H groups in total. The predicted octanol–water partition coefficient (Wildman–Crippen LogP) is 3.06. The van der Waals surface area contributed by atoms with Crippen molar-refractivity contribution in [3.8, 4) is 5.75 Å². The second kappa shape index (κ2) is 7.64. The van der Waals surface area contributed by atoms with Crippen LogP contribution in [0.3, 0.4) is 0 Å². The number of hydrogen-bond donors (Lipinski definition) is 1. The molecule has 1 amide bonds. The Labute approximate surface area is 141 Å². The third kappa shape index (κ3) is 3.74. The first-order valence-corrected chi connectivity index (χ1v) is 8.09. The van der Waals surface area contributed by atoms with E-state index in [1.807, 2.05) is 18.2 Å². The summed E-state index contributed by atoms with van der Waals surface area (Å²) in [6.45, 7) is 2.25. The van der Waals surface area contributed by atoms with E-state index in [-0.39, 0.29) is 5.91 Å². The molecule has 1 saturated heterocycles. The summed E-state index contributed by atoms with van der Waals surface area (Å²) in [7, 11) is 1.54. The molecule has 0 radical (unpaired) electrons. The summed E-state index contributed by atoms with van der Waals surface area (Å²) in [5.41, 5.74) is 5.17. The SMILES string of the molecule is COc1ccccc1C(=O)N/N=C/c1ccc(N2CCCC2)cc1. The summed E-state index contributed by atoms with van der Waals surface area (Å²) in [6, 6.07) is 15.3. The molecular formula is C19H21N3O2. The summed E-state index contributed by atoms with van der Waals surface area (Å²) < 4.78 is 5.18. The number of carbonyl (C=O) groups is 1. The zero-order valence-electron chi connectivity index (χ0n) is 13.7. The Morgan fingerprint density at radius 2 is 1.83 bits per heavy atom. The standard InChI is InChI=1S/C19H21N3O2/c1-24-18-7-3-2-6-17(18)19(23)21-20-14-15-8-10-16(11-9-15)22-12-4-5-13-22/h2-3,6-11,14H,4-5,12-13H2,1H3,(H,21,23)/b20-14+. The summed E-state index contributed by atoms with van der Waals surface area (Å²) in [4.78, 5) is 14.5. The first-order chi connectivity index (χ1) is 11.8. The lowest BCUT2D eigenvalue weighted by atomic mass is 10.2. The van der Waals surface area contributed by atoms with E-state index >= 15 is 0 Å². The van der Waals surface area contributed by atoms with Crippen LogP contribution in [0, 0.1) is 0 Å². The van der Waals surface area contributed by atoms with Gasteiger partial charge in [-0.3, -0.25) is 4.79 Å². The molecule has 0 atom stereocenters. The fourth-order valence-corrected chi connectivity index (χ4v) is 2.80. The van der Waals surface area contributed by atoms with Gasteiger partial charge in [-0.1, -0.05) is 24.3 Å². The van der Waals surface area contributed by atoms with Crippen molar-refractivity contribution >= 4 is 17.8 Å². The molecule has 1 heterocycles. The van der Waals surface area contributed by atoms with E-state index in [0.717, 1.165) is 18.7 Å². The summed E-state index contributed by atoms with van der Waals surface area (Å²) in [5.74, 6) is 0.234. The van der Waals surface area contributed by atoms with Crippen LogP contribution in [0.2, 0.25) is 0 Å². The minimum atomic E-state index is -0.294. The van der Waals surface area contributed by atoms with Crippen molar-refractivity contribution < 1.29 is 9.53 Å². The van der Waals surface area contributed by atoms with Crippen LogP contribution < -0.4 is 15.1 Å². The molecule has 0 unspecified atom stereocenters. The van der Waals surface area contributed by atoms with Gasteiger partial charge in [-0.15, -0.1) is 0 Å². The van der Waals surface area contributed by atoms with Crippen molar-refractivity contribution in [3.63, 3.8) is 0 Å². The molecule has 2 aromatic rings. The number of ether oxygens (including phenoxy) is 1. The summed E-state index contributed by atoms with van der Waals surface area (Å²) in [6.07, 6.45) is 4.16. The highest BCUT2D eigenvalue weighted by molar-refractivity contribution is 5.97. The molecule has 1 aliphatic heterocycles. The molecule has 5 heteroatoms. The Morgan fingerprint density at radius 1 is 1.12 bits per heavy atom. The zero-order chi connectivity index (χ0) is 16.8. The summed E-state index contributed by atoms with van der Waals surface area (Å²) >= 11 is 0. The number of methoxy groups -OCH3 is 1. The minimum Gasteiger partial charge on any atom is -0.496 e. The molecular weight excluding hydrogens is 302 g/mol. The number of nitrogens with zero attached hydrogens (tertiary/aromatic N) is 2. The topological polar surface area (TPSA) is 53.9 Å². The number of nitrogens with one attached hydrogen (secondary N) is 1. The molecule has 124 valence electrons. The monoisotopic (exact) mass is 323 g/mol. The molecule has 5 nitrogen and oxygen atoms in total. The van der Waals surface area contributed by atoms with E-state index in [0.29, 0.717) is 11.3 Å². The van der Waals surface area contributed by atoms with Gasteiger partial charge in [0.1, 0.15) is 5.75 Å². The lowest BCUT2D eigenvalue weighted by Crippen LogP contribution is -2.18. The number of hydrogen-bond acceptors (Lipinski definition) is 4. The van der Waals surface area contributed by atoms with Crippen LogP contribution in [0.5, 0.6) is 5.75 Å². The number of benzene rings is 2. The maximum atomic E-state index is 12.1. The Kier molecular flexibility index (Phi) is 5.11. The van der Waals surface area contributed by atoms with Crippen LogP contribution in [0.15, 0.2) is 53.6 Å². The van der Waals surface area contributed by atoms with E-state index in [4.69, 9.17) is 4.74 Å². The van der Waals surface area contributed by atoms with E-state index in [9.17, 15) is 4.79 Å². The van der Waals surface area contributed by atoms with Gasteiger partial charge in [0.25, 0.3) is 5.91 Å². The Hall–Kier alpha value is -2.82. The van der Waals surface area contributed by atoms with Crippen molar-refractivity contribution in [2.75, 3.05) is 25.1 Å². The van der Waals surface area contributed by atoms with Gasteiger partial charge in [-0.25, -0.2) is 5.43 Å². The van der Waals surface area contributed by atoms with Crippen LogP contribution in [-0.2, 0) is 0 Å². The minimum absolute atomic E-state index is 0.294. The third-order valence-corrected chi connectivity index (χ3v) is 4.10. The van der Waals surface area contributed by atoms with Crippen LogP contribution >= 0.6 is 0 Å². The zero-order valence-corrected chi connectivity index (χ0v) is 13.7. The Balaban J connectivity index is 1.60. The quantitative estimate of drug-likeness (QED) is 0.679. The Morgan fingerprint density at radius 3 is 2.54 bits per heavy atom. The number of rotatable bonds is 5. The van der Waals surface area contributed by atoms with Gasteiger partial charge < -0.3 is 9.64 Å². The van der Waals surface area contributed by atoms with Gasteiger partial charge in [0.05, 0.1) is 18.9 Å². The summed E-state index contributed by atoms with van der Waals surface area (Å²) in [5, 5.41) is 4.03. The molecule has 3 rings (SSSR count). The number of carbonyl (C=O) groups excluding carboxylic acids is 1. The fraction of sp³-hybridized carbons (Fsp3) is 0.263. The average Bonchev–Trinajstić information content (AvgIpc) is 3.17. The highest BCUT2D eigenvalue weighted by Crippen LogP contribution is 2.20. The predicted molar refractivity (Wildman–Crippen MR) is 95.9 cm³/mol. The van der Waals surface area contributed by atoms with Crippen LogP contribution in [0.1, 0.15) is 28.8 Å². The van der Waals surface area contributed by atoms with Gasteiger partial charge in [0, 0.05) is 18.8 Å². The van der Waals surface area contributed by atoms with E-state index in [1.54, 1.807) is 24.4 Å². The maximum Gasteiger partial charge on any atom is 0.275 e. The van der Waals surface area contributed by atoms with Crippen LogP contribution in [0.4, 0.5) is 5.69 Å².